The van der Waals surface area contributed by atoms with Gasteiger partial charge >= 0.3 is 0 Å². The number of hydrogen-bond acceptors (Lipinski definition) is 2. The first kappa shape index (κ1) is 8.56. The normalized spacial score (nSPS) is 14.9. The Kier molecular flexibility index (Phi) is 1.80. The second-order valence-electron chi connectivity index (χ2n) is 3.11. The van der Waals surface area contributed by atoms with Crippen molar-refractivity contribution in [3.8, 4) is 5.75 Å². The minimum Gasteiger partial charge on any atom is -0.508 e. The number of carbonyl (C=O) groups is 1. The highest BCUT2D eigenvalue weighted by Crippen LogP contribution is 2.32. The SMILES string of the molecule is CN1Cc2c(Br)cc(O)cc2C1=O. The molecule has 68 valence electrons. The van der Waals surface area contributed by atoms with Crippen molar-refractivity contribution in [2.45, 2.75) is 6.54 Å². The molecule has 0 aromatic heterocycles. The molecule has 2 rings (SSSR count). The van der Waals surface area contributed by atoms with Crippen LogP contribution < -0.4 is 0 Å². The number of hydrogen-bond donors (Lipinski definition) is 1. The average Bonchev–Trinajstić information content (AvgIpc) is 2.32. The summed E-state index contributed by atoms with van der Waals surface area (Å²) >= 11 is 3.31. The van der Waals surface area contributed by atoms with Gasteiger partial charge in [-0.3, -0.25) is 4.79 Å². The topological polar surface area (TPSA) is 40.5 Å². The molecule has 0 fully saturated rings. The Morgan fingerprint density at radius 2 is 2.23 bits per heavy atom. The van der Waals surface area contributed by atoms with E-state index in [0.29, 0.717) is 12.1 Å². The third-order valence-corrected chi connectivity index (χ3v) is 2.86. The Balaban J connectivity index is 2.64. The van der Waals surface area contributed by atoms with Crippen molar-refractivity contribution in [1.29, 1.82) is 0 Å². The molecule has 0 radical (unpaired) electrons. The Labute approximate surface area is 84.1 Å². The second kappa shape index (κ2) is 2.73. The number of aromatic hydroxyl groups is 1. The van der Waals surface area contributed by atoms with Crippen molar-refractivity contribution in [3.05, 3.63) is 27.7 Å². The zero-order valence-corrected chi connectivity index (χ0v) is 8.63. The summed E-state index contributed by atoms with van der Waals surface area (Å²) in [5, 5.41) is 9.28. The van der Waals surface area contributed by atoms with Crippen LogP contribution >= 0.6 is 15.9 Å². The molecule has 0 saturated carbocycles. The highest BCUT2D eigenvalue weighted by atomic mass is 79.9. The second-order valence-corrected chi connectivity index (χ2v) is 3.97. The summed E-state index contributed by atoms with van der Waals surface area (Å²) in [5.41, 5.74) is 1.54. The number of fused-ring (bicyclic) bond motifs is 1. The summed E-state index contributed by atoms with van der Waals surface area (Å²) in [4.78, 5) is 13.1. The molecular weight excluding hydrogens is 234 g/mol. The highest BCUT2D eigenvalue weighted by molar-refractivity contribution is 9.10. The minimum absolute atomic E-state index is 0.0356. The monoisotopic (exact) mass is 241 g/mol. The predicted molar refractivity (Wildman–Crippen MR) is 51.6 cm³/mol. The van der Waals surface area contributed by atoms with Crippen molar-refractivity contribution < 1.29 is 9.90 Å². The van der Waals surface area contributed by atoms with Crippen molar-refractivity contribution in [2.24, 2.45) is 0 Å². The fraction of sp³-hybridized carbons (Fsp3) is 0.222. The quantitative estimate of drug-likeness (QED) is 0.752. The van der Waals surface area contributed by atoms with Crippen molar-refractivity contribution in [2.75, 3.05) is 7.05 Å². The van der Waals surface area contributed by atoms with Gasteiger partial charge in [0.1, 0.15) is 5.75 Å². The first-order valence-electron chi connectivity index (χ1n) is 3.86. The largest absolute Gasteiger partial charge is 0.508 e. The number of phenolic OH excluding ortho intramolecular Hbond substituents is 1. The first-order valence-corrected chi connectivity index (χ1v) is 4.66. The van der Waals surface area contributed by atoms with Gasteiger partial charge in [-0.2, -0.15) is 0 Å². The number of carbonyl (C=O) groups excluding carboxylic acids is 1. The Morgan fingerprint density at radius 3 is 2.92 bits per heavy atom. The lowest BCUT2D eigenvalue weighted by atomic mass is 10.1. The maximum atomic E-state index is 11.5. The number of benzene rings is 1. The number of halogens is 1. The smallest absolute Gasteiger partial charge is 0.254 e. The van der Waals surface area contributed by atoms with Gasteiger partial charge in [-0.1, -0.05) is 15.9 Å². The van der Waals surface area contributed by atoms with Gasteiger partial charge in [0.05, 0.1) is 0 Å². The molecule has 0 saturated heterocycles. The number of rotatable bonds is 0. The summed E-state index contributed by atoms with van der Waals surface area (Å²) in [5.74, 6) is 0.0841. The summed E-state index contributed by atoms with van der Waals surface area (Å²) in [7, 11) is 1.74. The van der Waals surface area contributed by atoms with Gasteiger partial charge in [0, 0.05) is 23.6 Å². The molecule has 1 amide bonds. The molecule has 1 aliphatic rings. The lowest BCUT2D eigenvalue weighted by Gasteiger charge is -2.04. The van der Waals surface area contributed by atoms with Gasteiger partial charge in [0.25, 0.3) is 5.91 Å². The van der Waals surface area contributed by atoms with E-state index in [2.05, 4.69) is 15.9 Å². The maximum Gasteiger partial charge on any atom is 0.254 e. The predicted octanol–water partition coefficient (Wildman–Crippen LogP) is 1.74. The lowest BCUT2D eigenvalue weighted by molar-refractivity contribution is 0.0816. The molecule has 0 unspecified atom stereocenters. The van der Waals surface area contributed by atoms with E-state index in [-0.39, 0.29) is 11.7 Å². The van der Waals surface area contributed by atoms with Crippen molar-refractivity contribution in [3.63, 3.8) is 0 Å². The molecule has 1 aromatic carbocycles. The van der Waals surface area contributed by atoms with E-state index in [1.54, 1.807) is 18.0 Å². The third kappa shape index (κ3) is 1.21. The zero-order chi connectivity index (χ0) is 9.59. The van der Waals surface area contributed by atoms with Crippen molar-refractivity contribution in [1.82, 2.24) is 4.90 Å². The van der Waals surface area contributed by atoms with E-state index in [9.17, 15) is 9.90 Å². The Morgan fingerprint density at radius 1 is 1.54 bits per heavy atom. The van der Waals surface area contributed by atoms with Crippen LogP contribution in [0.3, 0.4) is 0 Å². The molecule has 1 heterocycles. The lowest BCUT2D eigenvalue weighted by Crippen LogP contribution is -2.17. The average molecular weight is 242 g/mol. The fourth-order valence-corrected chi connectivity index (χ4v) is 2.06. The van der Waals surface area contributed by atoms with Crippen LogP contribution in [0.5, 0.6) is 5.75 Å². The van der Waals surface area contributed by atoms with E-state index in [1.807, 2.05) is 0 Å². The number of nitrogens with zero attached hydrogens (tertiary/aromatic N) is 1. The van der Waals surface area contributed by atoms with E-state index in [0.717, 1.165) is 10.0 Å². The van der Waals surface area contributed by atoms with Crippen LogP contribution in [0.2, 0.25) is 0 Å². The number of amides is 1. The van der Waals surface area contributed by atoms with Crippen LogP contribution in [0.25, 0.3) is 0 Å². The van der Waals surface area contributed by atoms with Crippen LogP contribution in [-0.2, 0) is 6.54 Å². The van der Waals surface area contributed by atoms with E-state index in [1.165, 1.54) is 6.07 Å². The molecule has 1 aliphatic heterocycles. The molecule has 1 N–H and O–H groups in total. The number of phenols is 1. The third-order valence-electron chi connectivity index (χ3n) is 2.15. The van der Waals surface area contributed by atoms with E-state index in [4.69, 9.17) is 0 Å². The Hall–Kier alpha value is -1.03. The molecule has 3 nitrogen and oxygen atoms in total. The molecule has 0 spiro atoms. The van der Waals surface area contributed by atoms with Crippen LogP contribution in [-0.4, -0.2) is 23.0 Å². The van der Waals surface area contributed by atoms with Gasteiger partial charge in [-0.15, -0.1) is 0 Å². The maximum absolute atomic E-state index is 11.5. The first-order chi connectivity index (χ1) is 6.09. The molecule has 0 atom stereocenters. The highest BCUT2D eigenvalue weighted by Gasteiger charge is 2.26. The van der Waals surface area contributed by atoms with Gasteiger partial charge in [0.15, 0.2) is 0 Å². The van der Waals surface area contributed by atoms with Gasteiger partial charge in [-0.25, -0.2) is 0 Å². The summed E-state index contributed by atoms with van der Waals surface area (Å²) < 4.78 is 0.792. The summed E-state index contributed by atoms with van der Waals surface area (Å²) in [6.07, 6.45) is 0. The molecule has 4 heteroatoms. The van der Waals surface area contributed by atoms with Crippen LogP contribution in [0.4, 0.5) is 0 Å². The van der Waals surface area contributed by atoms with Gasteiger partial charge in [0.2, 0.25) is 0 Å². The van der Waals surface area contributed by atoms with Gasteiger partial charge < -0.3 is 10.0 Å². The van der Waals surface area contributed by atoms with Crippen LogP contribution in [0.1, 0.15) is 15.9 Å². The molecule has 1 aromatic rings. The summed E-state index contributed by atoms with van der Waals surface area (Å²) in [6.45, 7) is 0.606. The fourth-order valence-electron chi connectivity index (χ4n) is 1.49. The van der Waals surface area contributed by atoms with E-state index < -0.39 is 0 Å². The van der Waals surface area contributed by atoms with E-state index >= 15 is 0 Å². The molecule has 0 bridgehead atoms. The molecule has 13 heavy (non-hydrogen) atoms. The summed E-state index contributed by atoms with van der Waals surface area (Å²) in [6, 6.07) is 3.11. The van der Waals surface area contributed by atoms with Crippen molar-refractivity contribution >= 4 is 21.8 Å². The molecule has 0 aliphatic carbocycles. The minimum atomic E-state index is -0.0356. The van der Waals surface area contributed by atoms with Crippen LogP contribution in [0.15, 0.2) is 16.6 Å². The Bertz CT molecular complexity index is 389. The van der Waals surface area contributed by atoms with Crippen LogP contribution in [0, 0.1) is 0 Å². The molecular formula is C9H8BrNO2. The standard InChI is InChI=1S/C9H8BrNO2/c1-11-4-7-6(9(11)13)2-5(12)3-8(7)10/h2-3,12H,4H2,1H3. The van der Waals surface area contributed by atoms with Gasteiger partial charge in [-0.05, 0) is 17.7 Å². The zero-order valence-electron chi connectivity index (χ0n) is 7.04.